The summed E-state index contributed by atoms with van der Waals surface area (Å²) in [6.45, 7) is 3.16. The van der Waals surface area contributed by atoms with Crippen LogP contribution in [0.1, 0.15) is 19.2 Å². The summed E-state index contributed by atoms with van der Waals surface area (Å²) in [5, 5.41) is 9.21. The summed E-state index contributed by atoms with van der Waals surface area (Å²) in [7, 11) is 0. The molecule has 0 bridgehead atoms. The quantitative estimate of drug-likeness (QED) is 0.741. The van der Waals surface area contributed by atoms with Gasteiger partial charge in [-0.3, -0.25) is 0 Å². The van der Waals surface area contributed by atoms with Gasteiger partial charge in [0.2, 0.25) is 5.16 Å². The summed E-state index contributed by atoms with van der Waals surface area (Å²) in [6.07, 6.45) is 2.12. The fraction of sp³-hybridized carbons (Fsp3) is 0.714. The molecule has 0 aromatic carbocycles. The average molecular weight is 184 g/mol. The second-order valence-electron chi connectivity index (χ2n) is 2.74. The van der Waals surface area contributed by atoms with Gasteiger partial charge in [-0.1, -0.05) is 18.7 Å². The van der Waals surface area contributed by atoms with Crippen LogP contribution in [-0.2, 0) is 6.42 Å². The number of nitrogens with zero attached hydrogens (tertiary/aromatic N) is 3. The van der Waals surface area contributed by atoms with E-state index in [4.69, 9.17) is 0 Å². The van der Waals surface area contributed by atoms with Gasteiger partial charge in [0.05, 0.1) is 0 Å². The minimum absolute atomic E-state index is 1.00. The van der Waals surface area contributed by atoms with Crippen LogP contribution in [0.4, 0.5) is 0 Å². The average Bonchev–Trinajstić information content (AvgIpc) is 2.50. The molecule has 1 aliphatic heterocycles. The topological polar surface area (TPSA) is 42.7 Å². The molecule has 0 atom stereocenters. The number of hydrogen-bond donors (Lipinski definition) is 1. The molecule has 0 saturated heterocycles. The van der Waals surface area contributed by atoms with Gasteiger partial charge < -0.3 is 5.43 Å². The second kappa shape index (κ2) is 3.35. The van der Waals surface area contributed by atoms with E-state index < -0.39 is 0 Å². The Hall–Kier alpha value is -0.710. The molecule has 0 unspecified atom stereocenters. The Balaban J connectivity index is 2.25. The molecule has 1 aromatic rings. The highest BCUT2D eigenvalue weighted by Gasteiger charge is 2.14. The number of rotatable bonds is 2. The van der Waals surface area contributed by atoms with Crippen LogP contribution in [0.5, 0.6) is 0 Å². The van der Waals surface area contributed by atoms with Gasteiger partial charge in [0.1, 0.15) is 0 Å². The van der Waals surface area contributed by atoms with Gasteiger partial charge >= 0.3 is 0 Å². The zero-order chi connectivity index (χ0) is 8.39. The van der Waals surface area contributed by atoms with Gasteiger partial charge in [0.25, 0.3) is 0 Å². The van der Waals surface area contributed by atoms with Gasteiger partial charge in [0.15, 0.2) is 5.82 Å². The molecule has 0 saturated carbocycles. The Morgan fingerprint density at radius 3 is 3.33 bits per heavy atom. The number of thioether (sulfide) groups is 1. The largest absolute Gasteiger partial charge is 0.321 e. The lowest BCUT2D eigenvalue weighted by Crippen LogP contribution is -2.24. The molecule has 0 spiro atoms. The predicted molar refractivity (Wildman–Crippen MR) is 49.0 cm³/mol. The molecule has 12 heavy (non-hydrogen) atoms. The van der Waals surface area contributed by atoms with Crippen molar-refractivity contribution in [2.75, 3.05) is 17.7 Å². The van der Waals surface area contributed by atoms with Crippen molar-refractivity contribution in [1.29, 1.82) is 0 Å². The monoisotopic (exact) mass is 184 g/mol. The van der Waals surface area contributed by atoms with Crippen LogP contribution in [0.3, 0.4) is 0 Å². The standard InChI is InChI=1S/C7H12N4S/c1-2-3-6-9-10-7-11(6)8-4-5-12-7/h8H,2-5H2,1H3. The lowest BCUT2D eigenvalue weighted by molar-refractivity contribution is 0.695. The summed E-state index contributed by atoms with van der Waals surface area (Å²) in [5.74, 6) is 2.14. The Kier molecular flexibility index (Phi) is 2.21. The van der Waals surface area contributed by atoms with E-state index in [1.54, 1.807) is 11.8 Å². The summed E-state index contributed by atoms with van der Waals surface area (Å²) in [4.78, 5) is 0. The molecule has 4 nitrogen and oxygen atoms in total. The molecule has 1 aliphatic rings. The molecular weight excluding hydrogens is 172 g/mol. The maximum atomic E-state index is 4.12. The van der Waals surface area contributed by atoms with Crippen molar-refractivity contribution in [1.82, 2.24) is 14.9 Å². The third kappa shape index (κ3) is 1.29. The lowest BCUT2D eigenvalue weighted by atomic mass is 10.3. The molecule has 0 amide bonds. The normalized spacial score (nSPS) is 15.4. The predicted octanol–water partition coefficient (Wildman–Crippen LogP) is 0.880. The van der Waals surface area contributed by atoms with Crippen LogP contribution in [0.15, 0.2) is 5.16 Å². The Morgan fingerprint density at radius 1 is 1.58 bits per heavy atom. The number of aryl methyl sites for hydroxylation is 1. The van der Waals surface area contributed by atoms with Gasteiger partial charge in [-0.25, -0.2) is 4.68 Å². The third-order valence-corrected chi connectivity index (χ3v) is 2.71. The van der Waals surface area contributed by atoms with Crippen molar-refractivity contribution in [2.24, 2.45) is 0 Å². The van der Waals surface area contributed by atoms with Gasteiger partial charge in [-0.15, -0.1) is 10.2 Å². The fourth-order valence-electron chi connectivity index (χ4n) is 1.24. The van der Waals surface area contributed by atoms with Crippen molar-refractivity contribution < 1.29 is 0 Å². The Bertz CT molecular complexity index is 270. The first-order valence-corrected chi connectivity index (χ1v) is 5.21. The van der Waals surface area contributed by atoms with Gasteiger partial charge in [-0.2, -0.15) is 0 Å². The van der Waals surface area contributed by atoms with Crippen LogP contribution >= 0.6 is 11.8 Å². The highest BCUT2D eigenvalue weighted by atomic mass is 32.2. The van der Waals surface area contributed by atoms with E-state index >= 15 is 0 Å². The van der Waals surface area contributed by atoms with E-state index in [1.165, 1.54) is 0 Å². The van der Waals surface area contributed by atoms with E-state index in [1.807, 2.05) is 4.68 Å². The SMILES string of the molecule is CCCc1nnc2n1NCCS2. The van der Waals surface area contributed by atoms with E-state index in [0.29, 0.717) is 0 Å². The highest BCUT2D eigenvalue weighted by Crippen LogP contribution is 2.18. The Labute approximate surface area is 75.7 Å². The second-order valence-corrected chi connectivity index (χ2v) is 3.80. The molecule has 2 rings (SSSR count). The van der Waals surface area contributed by atoms with Crippen LogP contribution in [-0.4, -0.2) is 27.2 Å². The molecule has 0 radical (unpaired) electrons. The van der Waals surface area contributed by atoms with E-state index in [0.717, 1.165) is 36.1 Å². The highest BCUT2D eigenvalue weighted by molar-refractivity contribution is 7.99. The maximum absolute atomic E-state index is 4.12. The molecule has 5 heteroatoms. The summed E-state index contributed by atoms with van der Waals surface area (Å²) in [5.41, 5.74) is 3.27. The van der Waals surface area contributed by atoms with Crippen molar-refractivity contribution in [2.45, 2.75) is 24.9 Å². The van der Waals surface area contributed by atoms with Crippen molar-refractivity contribution in [3.05, 3.63) is 5.82 Å². The zero-order valence-corrected chi connectivity index (χ0v) is 7.89. The van der Waals surface area contributed by atoms with Gasteiger partial charge in [0, 0.05) is 18.7 Å². The first kappa shape index (κ1) is 7.91. The van der Waals surface area contributed by atoms with Crippen molar-refractivity contribution >= 4 is 11.8 Å². The van der Waals surface area contributed by atoms with Crippen LogP contribution in [0.25, 0.3) is 0 Å². The first-order chi connectivity index (χ1) is 5.92. The van der Waals surface area contributed by atoms with Crippen LogP contribution in [0.2, 0.25) is 0 Å². The number of fused-ring (bicyclic) bond motifs is 1. The Morgan fingerprint density at radius 2 is 2.50 bits per heavy atom. The van der Waals surface area contributed by atoms with Crippen LogP contribution < -0.4 is 5.43 Å². The zero-order valence-electron chi connectivity index (χ0n) is 7.08. The minimum atomic E-state index is 1.00. The first-order valence-electron chi connectivity index (χ1n) is 4.23. The molecule has 66 valence electrons. The van der Waals surface area contributed by atoms with E-state index in [9.17, 15) is 0 Å². The van der Waals surface area contributed by atoms with E-state index in [2.05, 4.69) is 22.5 Å². The number of aromatic nitrogens is 3. The minimum Gasteiger partial charge on any atom is -0.321 e. The molecule has 0 fully saturated rings. The van der Waals surface area contributed by atoms with Crippen LogP contribution in [0, 0.1) is 0 Å². The lowest BCUT2D eigenvalue weighted by Gasteiger charge is -2.16. The third-order valence-electron chi connectivity index (χ3n) is 1.78. The maximum Gasteiger partial charge on any atom is 0.210 e. The van der Waals surface area contributed by atoms with Crippen molar-refractivity contribution in [3.8, 4) is 0 Å². The van der Waals surface area contributed by atoms with Crippen molar-refractivity contribution in [3.63, 3.8) is 0 Å². The summed E-state index contributed by atoms with van der Waals surface area (Å²) < 4.78 is 2.01. The molecule has 0 aliphatic carbocycles. The number of nitrogens with one attached hydrogen (secondary N) is 1. The van der Waals surface area contributed by atoms with Gasteiger partial charge in [-0.05, 0) is 6.42 Å². The smallest absolute Gasteiger partial charge is 0.210 e. The van der Waals surface area contributed by atoms with E-state index in [-0.39, 0.29) is 0 Å². The summed E-state index contributed by atoms with van der Waals surface area (Å²) >= 11 is 1.76. The fourth-order valence-corrected chi connectivity index (χ4v) is 2.01. The molecule has 2 heterocycles. The molecule has 1 N–H and O–H groups in total. The molecular formula is C7H12N4S. The summed E-state index contributed by atoms with van der Waals surface area (Å²) in [6, 6.07) is 0. The number of hydrogen-bond acceptors (Lipinski definition) is 4. The molecule has 1 aromatic heterocycles.